The Balaban J connectivity index is 2.25. The minimum atomic E-state index is -4.56. The molecule has 0 fully saturated rings. The van der Waals surface area contributed by atoms with Crippen molar-refractivity contribution in [1.29, 1.82) is 0 Å². The summed E-state index contributed by atoms with van der Waals surface area (Å²) in [6.45, 7) is 0. The van der Waals surface area contributed by atoms with Gasteiger partial charge in [0.15, 0.2) is 0 Å². The number of nitrogens with one attached hydrogen (secondary N) is 2. The third-order valence-corrected chi connectivity index (χ3v) is 2.72. The molecule has 0 radical (unpaired) electrons. The smallest absolute Gasteiger partial charge is 0.367 e. The summed E-state index contributed by atoms with van der Waals surface area (Å²) in [6.07, 6.45) is -1.58. The van der Waals surface area contributed by atoms with Crippen molar-refractivity contribution in [2.75, 3.05) is 5.32 Å². The van der Waals surface area contributed by atoms with Crippen LogP contribution in [0.3, 0.4) is 0 Å². The lowest BCUT2D eigenvalue weighted by atomic mass is 10.2. The Morgan fingerprint density at radius 3 is 2.58 bits per heavy atom. The molecule has 2 aromatic rings. The number of carbonyl (C=O) groups is 1. The van der Waals surface area contributed by atoms with Gasteiger partial charge in [-0.2, -0.15) is 13.2 Å². The predicted octanol–water partition coefficient (Wildman–Crippen LogP) is 3.94. The molecule has 1 aromatic heterocycles. The number of alkyl halides is 3. The molecule has 0 atom stereocenters. The maximum absolute atomic E-state index is 12.6. The second kappa shape index (κ2) is 4.97. The highest BCUT2D eigenvalue weighted by atomic mass is 35.5. The summed E-state index contributed by atoms with van der Waals surface area (Å²) in [4.78, 5) is 14.4. The van der Waals surface area contributed by atoms with E-state index in [4.69, 9.17) is 11.6 Å². The SMILES string of the molecule is O=C(Nc1ccc(Cl)c(C(F)(F)F)c1)c1cc[nH]c1. The Hall–Kier alpha value is -1.95. The third kappa shape index (κ3) is 3.08. The number of amides is 1. The summed E-state index contributed by atoms with van der Waals surface area (Å²) >= 11 is 5.48. The number of anilines is 1. The number of aromatic nitrogens is 1. The lowest BCUT2D eigenvalue weighted by Gasteiger charge is -2.11. The van der Waals surface area contributed by atoms with Crippen molar-refractivity contribution in [2.24, 2.45) is 0 Å². The minimum Gasteiger partial charge on any atom is -0.367 e. The van der Waals surface area contributed by atoms with Crippen molar-refractivity contribution >= 4 is 23.2 Å². The molecule has 2 N–H and O–H groups in total. The molecule has 1 aromatic carbocycles. The van der Waals surface area contributed by atoms with Crippen molar-refractivity contribution < 1.29 is 18.0 Å². The molecule has 3 nitrogen and oxygen atoms in total. The Labute approximate surface area is 111 Å². The molecular formula is C12H8ClF3N2O. The first kappa shape index (κ1) is 13.5. The molecule has 0 aliphatic carbocycles. The highest BCUT2D eigenvalue weighted by Crippen LogP contribution is 2.36. The van der Waals surface area contributed by atoms with Crippen molar-refractivity contribution in [3.8, 4) is 0 Å². The molecule has 7 heteroatoms. The van der Waals surface area contributed by atoms with Crippen molar-refractivity contribution in [3.63, 3.8) is 0 Å². The van der Waals surface area contributed by atoms with E-state index in [1.807, 2.05) is 0 Å². The molecule has 2 rings (SSSR count). The summed E-state index contributed by atoms with van der Waals surface area (Å²) in [5.41, 5.74) is -0.632. The molecule has 0 saturated carbocycles. The standard InChI is InChI=1S/C12H8ClF3N2O/c13-10-2-1-8(5-9(10)12(14,15)16)18-11(19)7-3-4-17-6-7/h1-6,17H,(H,18,19). The molecule has 1 amide bonds. The molecule has 0 spiro atoms. The maximum atomic E-state index is 12.6. The first-order chi connectivity index (χ1) is 8.88. The van der Waals surface area contributed by atoms with E-state index in [1.54, 1.807) is 0 Å². The zero-order chi connectivity index (χ0) is 14.0. The van der Waals surface area contributed by atoms with Gasteiger partial charge in [0.1, 0.15) is 0 Å². The van der Waals surface area contributed by atoms with Crippen LogP contribution in [0.4, 0.5) is 18.9 Å². The largest absolute Gasteiger partial charge is 0.417 e. The second-order valence-corrected chi connectivity index (χ2v) is 4.15. The monoisotopic (exact) mass is 288 g/mol. The van der Waals surface area contributed by atoms with Gasteiger partial charge in [-0.25, -0.2) is 0 Å². The maximum Gasteiger partial charge on any atom is 0.417 e. The van der Waals surface area contributed by atoms with Gasteiger partial charge in [-0.05, 0) is 24.3 Å². The predicted molar refractivity (Wildman–Crippen MR) is 65.2 cm³/mol. The van der Waals surface area contributed by atoms with Crippen LogP contribution < -0.4 is 5.32 Å². The van der Waals surface area contributed by atoms with Gasteiger partial charge in [-0.1, -0.05) is 11.6 Å². The quantitative estimate of drug-likeness (QED) is 0.864. The summed E-state index contributed by atoms with van der Waals surface area (Å²) in [6, 6.07) is 4.71. The van der Waals surface area contributed by atoms with Crippen molar-refractivity contribution in [3.05, 3.63) is 52.8 Å². The number of carbonyl (C=O) groups excluding carboxylic acids is 1. The van der Waals surface area contributed by atoms with Crippen LogP contribution in [-0.2, 0) is 6.18 Å². The number of hydrogen-bond donors (Lipinski definition) is 2. The number of H-pyrrole nitrogens is 1. The molecule has 0 bridgehead atoms. The highest BCUT2D eigenvalue weighted by molar-refractivity contribution is 6.31. The van der Waals surface area contributed by atoms with Crippen molar-refractivity contribution in [1.82, 2.24) is 4.98 Å². The Kier molecular flexibility index (Phi) is 3.53. The van der Waals surface area contributed by atoms with Gasteiger partial charge in [0.2, 0.25) is 0 Å². The van der Waals surface area contributed by atoms with Gasteiger partial charge in [-0.3, -0.25) is 4.79 Å². The van der Waals surface area contributed by atoms with Crippen LogP contribution in [0.25, 0.3) is 0 Å². The zero-order valence-corrected chi connectivity index (χ0v) is 10.1. The molecule has 0 aliphatic heterocycles. The van der Waals surface area contributed by atoms with Crippen LogP contribution >= 0.6 is 11.6 Å². The molecule has 100 valence electrons. The number of benzene rings is 1. The van der Waals surface area contributed by atoms with E-state index < -0.39 is 22.7 Å². The van der Waals surface area contributed by atoms with E-state index in [0.717, 1.165) is 12.1 Å². The molecule has 0 unspecified atom stereocenters. The van der Waals surface area contributed by atoms with Gasteiger partial charge in [0, 0.05) is 18.1 Å². The summed E-state index contributed by atoms with van der Waals surface area (Å²) in [5.74, 6) is -0.503. The highest BCUT2D eigenvalue weighted by Gasteiger charge is 2.33. The normalized spacial score (nSPS) is 11.4. The Bertz CT molecular complexity index is 594. The van der Waals surface area contributed by atoms with Crippen LogP contribution in [0, 0.1) is 0 Å². The number of aromatic amines is 1. The van der Waals surface area contributed by atoms with Gasteiger partial charge >= 0.3 is 6.18 Å². The minimum absolute atomic E-state index is 0.0305. The number of halogens is 4. The van der Waals surface area contributed by atoms with E-state index in [9.17, 15) is 18.0 Å². The van der Waals surface area contributed by atoms with E-state index in [2.05, 4.69) is 10.3 Å². The van der Waals surface area contributed by atoms with Crippen LogP contribution in [0.5, 0.6) is 0 Å². The van der Waals surface area contributed by atoms with Crippen LogP contribution in [0.1, 0.15) is 15.9 Å². The number of rotatable bonds is 2. The zero-order valence-electron chi connectivity index (χ0n) is 9.38. The Morgan fingerprint density at radius 1 is 1.26 bits per heavy atom. The fourth-order valence-corrected chi connectivity index (χ4v) is 1.71. The van der Waals surface area contributed by atoms with E-state index in [1.165, 1.54) is 24.5 Å². The van der Waals surface area contributed by atoms with Crippen molar-refractivity contribution in [2.45, 2.75) is 6.18 Å². The topological polar surface area (TPSA) is 44.9 Å². The van der Waals surface area contributed by atoms with Gasteiger partial charge in [-0.15, -0.1) is 0 Å². The molecule has 0 aliphatic rings. The lowest BCUT2D eigenvalue weighted by molar-refractivity contribution is -0.137. The molecule has 19 heavy (non-hydrogen) atoms. The van der Waals surface area contributed by atoms with Gasteiger partial charge in [0.25, 0.3) is 5.91 Å². The van der Waals surface area contributed by atoms with Crippen LogP contribution in [0.15, 0.2) is 36.7 Å². The lowest BCUT2D eigenvalue weighted by Crippen LogP contribution is -2.12. The van der Waals surface area contributed by atoms with Crippen LogP contribution in [0.2, 0.25) is 5.02 Å². The number of hydrogen-bond acceptors (Lipinski definition) is 1. The summed E-state index contributed by atoms with van der Waals surface area (Å²) < 4.78 is 37.9. The van der Waals surface area contributed by atoms with Crippen LogP contribution in [-0.4, -0.2) is 10.9 Å². The molecule has 0 saturated heterocycles. The first-order valence-electron chi connectivity index (χ1n) is 5.19. The molecule has 1 heterocycles. The van der Waals surface area contributed by atoms with E-state index in [0.29, 0.717) is 5.56 Å². The Morgan fingerprint density at radius 2 is 2.00 bits per heavy atom. The third-order valence-electron chi connectivity index (χ3n) is 2.39. The van der Waals surface area contributed by atoms with E-state index in [-0.39, 0.29) is 5.69 Å². The first-order valence-corrected chi connectivity index (χ1v) is 5.56. The van der Waals surface area contributed by atoms with Gasteiger partial charge in [0.05, 0.1) is 16.1 Å². The average molecular weight is 289 g/mol. The summed E-state index contributed by atoms with van der Waals surface area (Å²) in [5, 5.41) is 1.96. The average Bonchev–Trinajstić information content (AvgIpc) is 2.83. The molecular weight excluding hydrogens is 281 g/mol. The fraction of sp³-hybridized carbons (Fsp3) is 0.0833. The van der Waals surface area contributed by atoms with E-state index >= 15 is 0 Å². The summed E-state index contributed by atoms with van der Waals surface area (Å²) in [7, 11) is 0. The van der Waals surface area contributed by atoms with Gasteiger partial charge < -0.3 is 10.3 Å². The fourth-order valence-electron chi connectivity index (χ4n) is 1.49. The second-order valence-electron chi connectivity index (χ2n) is 3.75.